The van der Waals surface area contributed by atoms with Crippen LogP contribution in [0.15, 0.2) is 28.0 Å². The van der Waals surface area contributed by atoms with Crippen molar-refractivity contribution in [1.82, 2.24) is 9.29 Å². The lowest BCUT2D eigenvalue weighted by Crippen LogP contribution is -2.35. The van der Waals surface area contributed by atoms with Gasteiger partial charge in [0.2, 0.25) is 15.6 Å². The third-order valence-corrected chi connectivity index (χ3v) is 5.40. The van der Waals surface area contributed by atoms with Gasteiger partial charge in [-0.05, 0) is 31.4 Å². The molecular formula is C11H18N2O3S2. The molecule has 0 aliphatic heterocycles. The van der Waals surface area contributed by atoms with Crippen molar-refractivity contribution in [2.45, 2.75) is 24.3 Å². The lowest BCUT2D eigenvalue weighted by atomic mass is 10.3. The Labute approximate surface area is 112 Å². The van der Waals surface area contributed by atoms with Crippen molar-refractivity contribution in [2.75, 3.05) is 19.1 Å². The molecule has 1 aromatic rings. The number of rotatable bonds is 6. The van der Waals surface area contributed by atoms with Gasteiger partial charge >= 0.3 is 0 Å². The third-order valence-electron chi connectivity index (χ3n) is 2.79. The summed E-state index contributed by atoms with van der Waals surface area (Å²) >= 11 is 1.69. The Bertz CT molecular complexity index is 519. The summed E-state index contributed by atoms with van der Waals surface area (Å²) in [6.45, 7) is 1.87. The van der Waals surface area contributed by atoms with Crippen molar-refractivity contribution in [3.63, 3.8) is 0 Å². The van der Waals surface area contributed by atoms with Gasteiger partial charge in [0, 0.05) is 25.4 Å². The van der Waals surface area contributed by atoms with E-state index in [-0.39, 0.29) is 16.5 Å². The van der Waals surface area contributed by atoms with E-state index < -0.39 is 10.0 Å². The van der Waals surface area contributed by atoms with Crippen molar-refractivity contribution in [3.8, 4) is 0 Å². The molecule has 0 saturated carbocycles. The van der Waals surface area contributed by atoms with Gasteiger partial charge in [0.1, 0.15) is 0 Å². The molecule has 5 nitrogen and oxygen atoms in total. The van der Waals surface area contributed by atoms with Crippen molar-refractivity contribution in [1.29, 1.82) is 0 Å². The van der Waals surface area contributed by atoms with E-state index in [4.69, 9.17) is 0 Å². The molecule has 1 rings (SSSR count). The molecule has 0 fully saturated rings. The van der Waals surface area contributed by atoms with E-state index in [0.29, 0.717) is 0 Å². The monoisotopic (exact) mass is 290 g/mol. The van der Waals surface area contributed by atoms with Crippen LogP contribution in [0.4, 0.5) is 0 Å². The normalized spacial score (nSPS) is 13.8. The first-order valence-corrected chi connectivity index (χ1v) is 8.38. The summed E-state index contributed by atoms with van der Waals surface area (Å²) in [5.74, 6) is 0.909. The van der Waals surface area contributed by atoms with Gasteiger partial charge in [-0.15, -0.1) is 0 Å². The molecule has 0 amide bonds. The summed E-state index contributed by atoms with van der Waals surface area (Å²) < 4.78 is 25.8. The molecule has 0 bridgehead atoms. The van der Waals surface area contributed by atoms with Crippen molar-refractivity contribution in [3.05, 3.63) is 28.7 Å². The Morgan fingerprint density at radius 1 is 1.44 bits per heavy atom. The number of nitrogens with one attached hydrogen (secondary N) is 1. The third kappa shape index (κ3) is 3.60. The van der Waals surface area contributed by atoms with Crippen molar-refractivity contribution >= 4 is 21.8 Å². The average Bonchev–Trinajstić information content (AvgIpc) is 2.35. The molecule has 0 aromatic carbocycles. The first kappa shape index (κ1) is 15.3. The quantitative estimate of drug-likeness (QED) is 0.853. The summed E-state index contributed by atoms with van der Waals surface area (Å²) in [5.41, 5.74) is -0.313. The number of sulfonamides is 1. The van der Waals surface area contributed by atoms with Crippen LogP contribution in [0.2, 0.25) is 0 Å². The maximum absolute atomic E-state index is 12.2. The molecule has 0 aliphatic carbocycles. The number of thioether (sulfide) groups is 1. The Morgan fingerprint density at radius 2 is 2.11 bits per heavy atom. The van der Waals surface area contributed by atoms with Gasteiger partial charge in [0.05, 0.1) is 4.90 Å². The molecule has 7 heteroatoms. The summed E-state index contributed by atoms with van der Waals surface area (Å²) in [6, 6.07) is 2.47. The fraction of sp³-hybridized carbons (Fsp3) is 0.545. The van der Waals surface area contributed by atoms with E-state index in [0.717, 1.165) is 12.2 Å². The second kappa shape index (κ2) is 6.40. The Morgan fingerprint density at radius 3 is 2.61 bits per heavy atom. The lowest BCUT2D eigenvalue weighted by molar-refractivity contribution is 0.382. The number of H-pyrrole nitrogens is 1. The predicted octanol–water partition coefficient (Wildman–Crippen LogP) is 1.14. The van der Waals surface area contributed by atoms with Crippen LogP contribution >= 0.6 is 11.8 Å². The van der Waals surface area contributed by atoms with Crippen LogP contribution in [0, 0.1) is 0 Å². The fourth-order valence-corrected chi connectivity index (χ4v) is 3.37. The van der Waals surface area contributed by atoms with E-state index in [9.17, 15) is 13.2 Å². The largest absolute Gasteiger partial charge is 0.328 e. The van der Waals surface area contributed by atoms with Crippen LogP contribution in [-0.2, 0) is 10.0 Å². The minimum Gasteiger partial charge on any atom is -0.328 e. The molecule has 18 heavy (non-hydrogen) atoms. The second-order valence-corrected chi connectivity index (χ2v) is 7.02. The van der Waals surface area contributed by atoms with Gasteiger partial charge < -0.3 is 4.98 Å². The molecule has 0 spiro atoms. The zero-order chi connectivity index (χ0) is 13.8. The highest BCUT2D eigenvalue weighted by atomic mass is 32.2. The van der Waals surface area contributed by atoms with Gasteiger partial charge in [0.15, 0.2) is 0 Å². The topological polar surface area (TPSA) is 70.2 Å². The standard InChI is InChI=1S/C11H18N2O3S2/c1-9(6-7-17-3)13(2)18(15,16)10-4-5-11(14)12-8-10/h4-5,8-9H,6-7H2,1-3H3,(H,12,14). The van der Waals surface area contributed by atoms with E-state index in [1.807, 2.05) is 13.2 Å². The highest BCUT2D eigenvalue weighted by molar-refractivity contribution is 7.98. The van der Waals surface area contributed by atoms with Gasteiger partial charge in [-0.25, -0.2) is 8.42 Å². The van der Waals surface area contributed by atoms with Crippen LogP contribution in [-0.4, -0.2) is 42.8 Å². The summed E-state index contributed by atoms with van der Waals surface area (Å²) in [7, 11) is -1.97. The number of hydrogen-bond acceptors (Lipinski definition) is 4. The second-order valence-electron chi connectivity index (χ2n) is 4.04. The van der Waals surface area contributed by atoms with Crippen LogP contribution < -0.4 is 5.56 Å². The maximum Gasteiger partial charge on any atom is 0.247 e. The molecule has 1 aromatic heterocycles. The smallest absolute Gasteiger partial charge is 0.247 e. The van der Waals surface area contributed by atoms with Gasteiger partial charge in [-0.2, -0.15) is 16.1 Å². The number of aromatic amines is 1. The van der Waals surface area contributed by atoms with Crippen LogP contribution in [0.3, 0.4) is 0 Å². The predicted molar refractivity (Wildman–Crippen MR) is 74.5 cm³/mol. The summed E-state index contributed by atoms with van der Waals surface area (Å²) in [5, 5.41) is 0. The molecule has 1 heterocycles. The Kier molecular flexibility index (Phi) is 5.43. The van der Waals surface area contributed by atoms with Crippen molar-refractivity contribution < 1.29 is 8.42 Å². The number of aromatic nitrogens is 1. The number of pyridine rings is 1. The van der Waals surface area contributed by atoms with Gasteiger partial charge in [0.25, 0.3) is 0 Å². The molecule has 0 aliphatic rings. The number of nitrogens with zero attached hydrogens (tertiary/aromatic N) is 1. The lowest BCUT2D eigenvalue weighted by Gasteiger charge is -2.23. The van der Waals surface area contributed by atoms with Crippen molar-refractivity contribution in [2.24, 2.45) is 0 Å². The zero-order valence-corrected chi connectivity index (χ0v) is 12.3. The van der Waals surface area contributed by atoms with Crippen LogP contribution in [0.25, 0.3) is 0 Å². The molecule has 0 radical (unpaired) electrons. The maximum atomic E-state index is 12.2. The van der Waals surface area contributed by atoms with Crippen LogP contribution in [0.1, 0.15) is 13.3 Å². The first-order valence-electron chi connectivity index (χ1n) is 5.55. The van der Waals surface area contributed by atoms with E-state index in [2.05, 4.69) is 4.98 Å². The Balaban J connectivity index is 2.92. The Hall–Kier alpha value is -0.790. The summed E-state index contributed by atoms with van der Waals surface area (Å²) in [6.07, 6.45) is 4.01. The highest BCUT2D eigenvalue weighted by Gasteiger charge is 2.25. The SMILES string of the molecule is CSCCC(C)N(C)S(=O)(=O)c1ccc(=O)[nH]c1. The summed E-state index contributed by atoms with van der Waals surface area (Å²) in [4.78, 5) is 13.4. The van der Waals surface area contributed by atoms with E-state index in [1.54, 1.807) is 18.8 Å². The van der Waals surface area contributed by atoms with Gasteiger partial charge in [-0.3, -0.25) is 4.79 Å². The van der Waals surface area contributed by atoms with E-state index >= 15 is 0 Å². The molecule has 1 unspecified atom stereocenters. The molecule has 102 valence electrons. The number of hydrogen-bond donors (Lipinski definition) is 1. The van der Waals surface area contributed by atoms with E-state index in [1.165, 1.54) is 22.6 Å². The van der Waals surface area contributed by atoms with Crippen LogP contribution in [0.5, 0.6) is 0 Å². The fourth-order valence-electron chi connectivity index (χ4n) is 1.43. The molecule has 1 atom stereocenters. The van der Waals surface area contributed by atoms with Gasteiger partial charge in [-0.1, -0.05) is 0 Å². The first-order chi connectivity index (χ1) is 8.39. The molecule has 0 saturated heterocycles. The highest BCUT2D eigenvalue weighted by Crippen LogP contribution is 2.16. The zero-order valence-electron chi connectivity index (χ0n) is 10.7. The average molecular weight is 290 g/mol. The molecular weight excluding hydrogens is 272 g/mol. The minimum absolute atomic E-state index is 0.0746. The molecule has 1 N–H and O–H groups in total. The minimum atomic E-state index is -3.53.